The minimum absolute atomic E-state index is 0. The molecule has 0 aliphatic carbocycles. The van der Waals surface area contributed by atoms with Gasteiger partial charge in [-0.05, 0) is 23.8 Å². The van der Waals surface area contributed by atoms with Gasteiger partial charge < -0.3 is 20.1 Å². The first-order valence-corrected chi connectivity index (χ1v) is 8.28. The van der Waals surface area contributed by atoms with Gasteiger partial charge in [-0.3, -0.25) is 10.1 Å². The molecule has 0 saturated heterocycles. The zero-order chi connectivity index (χ0) is 17.6. The quantitative estimate of drug-likeness (QED) is 0.419. The van der Waals surface area contributed by atoms with Gasteiger partial charge in [0.1, 0.15) is 13.2 Å². The predicted molar refractivity (Wildman–Crippen MR) is 103 cm³/mol. The van der Waals surface area contributed by atoms with Crippen molar-refractivity contribution >= 4 is 35.4 Å². The first-order chi connectivity index (χ1) is 12.1. The number of ether oxygens (including phenoxy) is 2. The van der Waals surface area contributed by atoms with Crippen molar-refractivity contribution in [3.8, 4) is 11.5 Å². The van der Waals surface area contributed by atoms with E-state index < -0.39 is 4.92 Å². The van der Waals surface area contributed by atoms with Crippen LogP contribution in [0, 0.1) is 10.1 Å². The summed E-state index contributed by atoms with van der Waals surface area (Å²) in [4.78, 5) is 10.2. The van der Waals surface area contributed by atoms with Crippen molar-refractivity contribution in [2.24, 2.45) is 0 Å². The Labute approximate surface area is 162 Å². The van der Waals surface area contributed by atoms with Crippen molar-refractivity contribution in [2.75, 3.05) is 31.6 Å². The summed E-state index contributed by atoms with van der Waals surface area (Å²) >= 11 is 6.04. The van der Waals surface area contributed by atoms with Gasteiger partial charge >= 0.3 is 0 Å². The number of anilines is 1. The number of rotatable bonds is 7. The highest BCUT2D eigenvalue weighted by Gasteiger charge is 2.11. The third-order valence-corrected chi connectivity index (χ3v) is 4.03. The van der Waals surface area contributed by atoms with Crippen LogP contribution >= 0.6 is 24.0 Å². The maximum Gasteiger partial charge on any atom is 0.271 e. The maximum absolute atomic E-state index is 10.7. The SMILES string of the molecule is Cl.O=[N+]([O-])c1ccc(NCCNCc2ccc3c(c2)OCCO3)c(Cl)c1. The summed E-state index contributed by atoms with van der Waals surface area (Å²) in [5, 5.41) is 17.5. The van der Waals surface area contributed by atoms with Gasteiger partial charge in [0.25, 0.3) is 5.69 Å². The number of nitrogens with zero attached hydrogens (tertiary/aromatic N) is 1. The first-order valence-electron chi connectivity index (χ1n) is 7.90. The highest BCUT2D eigenvalue weighted by molar-refractivity contribution is 6.33. The van der Waals surface area contributed by atoms with E-state index in [9.17, 15) is 10.1 Å². The molecule has 2 aromatic carbocycles. The summed E-state index contributed by atoms with van der Waals surface area (Å²) < 4.78 is 11.1. The molecule has 0 unspecified atom stereocenters. The van der Waals surface area contributed by atoms with Gasteiger partial charge in [0.2, 0.25) is 0 Å². The van der Waals surface area contributed by atoms with Gasteiger partial charge in [0.15, 0.2) is 11.5 Å². The number of halogens is 2. The average molecular weight is 400 g/mol. The number of benzene rings is 2. The minimum atomic E-state index is -0.468. The summed E-state index contributed by atoms with van der Waals surface area (Å²) in [7, 11) is 0. The Kier molecular flexibility index (Phi) is 7.32. The van der Waals surface area contributed by atoms with Crippen molar-refractivity contribution in [1.82, 2.24) is 5.32 Å². The number of non-ortho nitro benzene ring substituents is 1. The molecule has 7 nitrogen and oxygen atoms in total. The molecule has 0 aromatic heterocycles. The third-order valence-electron chi connectivity index (χ3n) is 3.72. The number of fused-ring (bicyclic) bond motifs is 1. The minimum Gasteiger partial charge on any atom is -0.486 e. The number of hydrogen-bond acceptors (Lipinski definition) is 6. The van der Waals surface area contributed by atoms with Gasteiger partial charge in [0, 0.05) is 31.8 Å². The van der Waals surface area contributed by atoms with Crippen molar-refractivity contribution in [2.45, 2.75) is 6.54 Å². The van der Waals surface area contributed by atoms with E-state index in [0.717, 1.165) is 17.1 Å². The van der Waals surface area contributed by atoms with Crippen LogP contribution in [0.3, 0.4) is 0 Å². The molecular formula is C17H19Cl2N3O4. The molecule has 140 valence electrons. The van der Waals surface area contributed by atoms with Crippen LogP contribution in [0.25, 0.3) is 0 Å². The fourth-order valence-corrected chi connectivity index (χ4v) is 2.72. The molecule has 3 rings (SSSR count). The second kappa shape index (κ2) is 9.47. The van der Waals surface area contributed by atoms with E-state index in [2.05, 4.69) is 10.6 Å². The third kappa shape index (κ3) is 5.14. The zero-order valence-electron chi connectivity index (χ0n) is 13.9. The van der Waals surface area contributed by atoms with Crippen LogP contribution in [0.2, 0.25) is 5.02 Å². The summed E-state index contributed by atoms with van der Waals surface area (Å²) in [5.74, 6) is 1.56. The first kappa shape index (κ1) is 20.1. The number of nitrogens with one attached hydrogen (secondary N) is 2. The number of hydrogen-bond donors (Lipinski definition) is 2. The van der Waals surface area contributed by atoms with Gasteiger partial charge in [0.05, 0.1) is 15.6 Å². The molecule has 0 fully saturated rings. The Hall–Kier alpha value is -2.22. The second-order valence-electron chi connectivity index (χ2n) is 5.50. The lowest BCUT2D eigenvalue weighted by Gasteiger charge is -2.19. The fourth-order valence-electron chi connectivity index (χ4n) is 2.48. The average Bonchev–Trinajstić information content (AvgIpc) is 2.62. The molecule has 1 aliphatic rings. The summed E-state index contributed by atoms with van der Waals surface area (Å²) in [6.45, 7) is 3.21. The molecule has 2 N–H and O–H groups in total. The maximum atomic E-state index is 10.7. The molecule has 0 radical (unpaired) electrons. The smallest absolute Gasteiger partial charge is 0.271 e. The molecule has 2 aromatic rings. The highest BCUT2D eigenvalue weighted by atomic mass is 35.5. The molecule has 1 heterocycles. The molecule has 26 heavy (non-hydrogen) atoms. The van der Waals surface area contributed by atoms with Crippen molar-refractivity contribution in [3.63, 3.8) is 0 Å². The Bertz CT molecular complexity index is 774. The topological polar surface area (TPSA) is 85.7 Å². The van der Waals surface area contributed by atoms with Gasteiger partial charge in [-0.2, -0.15) is 0 Å². The van der Waals surface area contributed by atoms with E-state index >= 15 is 0 Å². The monoisotopic (exact) mass is 399 g/mol. The normalized spacial score (nSPS) is 12.2. The van der Waals surface area contributed by atoms with Gasteiger partial charge in [-0.15, -0.1) is 12.4 Å². The van der Waals surface area contributed by atoms with Crippen LogP contribution in [-0.4, -0.2) is 31.2 Å². The predicted octanol–water partition coefficient (Wildman–Crippen LogP) is 3.64. The van der Waals surface area contributed by atoms with Crippen LogP contribution in [0.15, 0.2) is 36.4 Å². The Morgan fingerprint density at radius 2 is 1.85 bits per heavy atom. The fraction of sp³-hybridized carbons (Fsp3) is 0.294. The van der Waals surface area contributed by atoms with Crippen molar-refractivity contribution in [3.05, 3.63) is 57.1 Å². The molecule has 0 saturated carbocycles. The van der Waals surface area contributed by atoms with E-state index in [-0.39, 0.29) is 18.1 Å². The van der Waals surface area contributed by atoms with Crippen LogP contribution < -0.4 is 20.1 Å². The largest absolute Gasteiger partial charge is 0.486 e. The number of nitro benzene ring substituents is 1. The van der Waals surface area contributed by atoms with Gasteiger partial charge in [-0.25, -0.2) is 0 Å². The van der Waals surface area contributed by atoms with E-state index in [0.29, 0.717) is 43.6 Å². The molecule has 0 bridgehead atoms. The molecule has 9 heteroatoms. The lowest BCUT2D eigenvalue weighted by atomic mass is 10.2. The summed E-state index contributed by atoms with van der Waals surface area (Å²) in [5.41, 5.74) is 1.76. The molecule has 1 aliphatic heterocycles. The van der Waals surface area contributed by atoms with E-state index in [1.165, 1.54) is 12.1 Å². The van der Waals surface area contributed by atoms with E-state index in [1.807, 2.05) is 18.2 Å². The lowest BCUT2D eigenvalue weighted by Crippen LogP contribution is -2.22. The second-order valence-corrected chi connectivity index (χ2v) is 5.91. The summed E-state index contributed by atoms with van der Waals surface area (Å²) in [6, 6.07) is 10.3. The Morgan fingerprint density at radius 1 is 1.08 bits per heavy atom. The molecule has 0 spiro atoms. The Morgan fingerprint density at radius 3 is 2.58 bits per heavy atom. The standard InChI is InChI=1S/C17H18ClN3O4.ClH/c18-14-10-13(21(22)23)2-3-15(14)20-6-5-19-11-12-1-4-16-17(9-12)25-8-7-24-16;/h1-4,9-10,19-20H,5-8,11H2;1H. The Balaban J connectivity index is 0.00000243. The van der Waals surface area contributed by atoms with E-state index in [4.69, 9.17) is 21.1 Å². The van der Waals surface area contributed by atoms with Crippen LogP contribution in [0.1, 0.15) is 5.56 Å². The van der Waals surface area contributed by atoms with E-state index in [1.54, 1.807) is 6.07 Å². The zero-order valence-corrected chi connectivity index (χ0v) is 15.4. The van der Waals surface area contributed by atoms with Crippen molar-refractivity contribution < 1.29 is 14.4 Å². The molecule has 0 amide bonds. The molecule has 0 atom stereocenters. The molecular weight excluding hydrogens is 381 g/mol. The summed E-state index contributed by atoms with van der Waals surface area (Å²) in [6.07, 6.45) is 0. The van der Waals surface area contributed by atoms with Crippen LogP contribution in [0.5, 0.6) is 11.5 Å². The highest BCUT2D eigenvalue weighted by Crippen LogP contribution is 2.30. The van der Waals surface area contributed by atoms with Crippen LogP contribution in [-0.2, 0) is 6.54 Å². The lowest BCUT2D eigenvalue weighted by molar-refractivity contribution is -0.384. The van der Waals surface area contributed by atoms with Crippen molar-refractivity contribution in [1.29, 1.82) is 0 Å². The number of nitro groups is 1. The van der Waals surface area contributed by atoms with Gasteiger partial charge in [-0.1, -0.05) is 17.7 Å². The van der Waals surface area contributed by atoms with Crippen LogP contribution in [0.4, 0.5) is 11.4 Å².